The van der Waals surface area contributed by atoms with Crippen LogP contribution in [0.4, 0.5) is 0 Å². The summed E-state index contributed by atoms with van der Waals surface area (Å²) in [7, 11) is 0. The predicted molar refractivity (Wildman–Crippen MR) is 10.7 cm³/mol. The SMILES string of the molecule is [2H]C([2H])([2H])C(=O)[O-].[K+]. The maximum atomic E-state index is 9.35. The van der Waals surface area contributed by atoms with Crippen LogP contribution in [0.2, 0.25) is 0 Å². The zero-order valence-corrected chi connectivity index (χ0v) is 5.94. The molecular weight excluding hydrogens is 95.1 g/mol. The van der Waals surface area contributed by atoms with Crippen LogP contribution in [-0.2, 0) is 4.79 Å². The second-order valence-electron chi connectivity index (χ2n) is 0.287. The van der Waals surface area contributed by atoms with Gasteiger partial charge in [0, 0.05) is 10.1 Å². The van der Waals surface area contributed by atoms with Crippen LogP contribution in [0, 0.1) is 0 Å². The molecular formula is C2H3KO2. The number of hydrogen-bond acceptors (Lipinski definition) is 2. The van der Waals surface area contributed by atoms with Gasteiger partial charge < -0.3 is 9.90 Å². The largest absolute Gasteiger partial charge is 1.00 e. The van der Waals surface area contributed by atoms with Crippen LogP contribution in [0.15, 0.2) is 0 Å². The summed E-state index contributed by atoms with van der Waals surface area (Å²) in [5.41, 5.74) is 0. The molecule has 0 aliphatic rings. The van der Waals surface area contributed by atoms with Crippen LogP contribution >= 0.6 is 0 Å². The smallest absolute Gasteiger partial charge is 0.550 e. The number of rotatable bonds is 0. The third kappa shape index (κ3) is 40.3. The molecule has 5 heavy (non-hydrogen) atoms. The summed E-state index contributed by atoms with van der Waals surface area (Å²) < 4.78 is 18.2. The second-order valence-corrected chi connectivity index (χ2v) is 0.287. The Labute approximate surface area is 77.2 Å². The van der Waals surface area contributed by atoms with Crippen molar-refractivity contribution < 1.29 is 65.4 Å². The third-order valence-electron chi connectivity index (χ3n) is 0. The Morgan fingerprint density at radius 1 is 2.20 bits per heavy atom. The van der Waals surface area contributed by atoms with E-state index >= 15 is 0 Å². The number of carbonyl (C=O) groups excluding carboxylic acids is 1. The van der Waals surface area contributed by atoms with E-state index in [1.54, 1.807) is 0 Å². The van der Waals surface area contributed by atoms with E-state index in [1.807, 2.05) is 0 Å². The molecule has 0 radical (unpaired) electrons. The topological polar surface area (TPSA) is 40.1 Å². The van der Waals surface area contributed by atoms with Gasteiger partial charge in [0.1, 0.15) is 0 Å². The van der Waals surface area contributed by atoms with Crippen molar-refractivity contribution >= 4 is 5.97 Å². The molecule has 0 heterocycles. The predicted octanol–water partition coefficient (Wildman–Crippen LogP) is -4.24. The molecule has 0 unspecified atom stereocenters. The van der Waals surface area contributed by atoms with Crippen LogP contribution in [-0.4, -0.2) is 5.97 Å². The first-order valence-electron chi connectivity index (χ1n) is 2.16. The van der Waals surface area contributed by atoms with E-state index in [0.717, 1.165) is 0 Å². The molecule has 0 aliphatic carbocycles. The molecule has 0 amide bonds. The first-order chi connectivity index (χ1) is 2.94. The molecule has 0 aromatic carbocycles. The van der Waals surface area contributed by atoms with Gasteiger partial charge in [0.2, 0.25) is 0 Å². The first kappa shape index (κ1) is 3.15. The summed E-state index contributed by atoms with van der Waals surface area (Å²) in [5.74, 6) is -2.01. The molecule has 0 aromatic heterocycles. The van der Waals surface area contributed by atoms with Gasteiger partial charge in [-0.05, 0) is 6.85 Å². The van der Waals surface area contributed by atoms with E-state index in [-0.39, 0.29) is 51.4 Å². The van der Waals surface area contributed by atoms with Crippen LogP contribution in [0.1, 0.15) is 11.0 Å². The molecule has 0 aromatic rings. The normalized spacial score (nSPS) is 16.4. The van der Waals surface area contributed by atoms with E-state index in [9.17, 15) is 9.90 Å². The molecule has 3 heteroatoms. The van der Waals surface area contributed by atoms with Crippen LogP contribution < -0.4 is 56.5 Å². The summed E-state index contributed by atoms with van der Waals surface area (Å²) in [4.78, 5) is 9.35. The number of carboxylic acid groups (broad SMARTS) is 1. The van der Waals surface area contributed by atoms with Crippen LogP contribution in [0.25, 0.3) is 0 Å². The van der Waals surface area contributed by atoms with Gasteiger partial charge in [-0.15, -0.1) is 0 Å². The van der Waals surface area contributed by atoms with Crippen molar-refractivity contribution in [3.63, 3.8) is 0 Å². The van der Waals surface area contributed by atoms with Gasteiger partial charge in [0.05, 0.1) is 0 Å². The molecule has 0 atom stereocenters. The molecule has 2 nitrogen and oxygen atoms in total. The van der Waals surface area contributed by atoms with Crippen molar-refractivity contribution in [3.8, 4) is 0 Å². The summed E-state index contributed by atoms with van der Waals surface area (Å²) >= 11 is 0. The Morgan fingerprint density at radius 2 is 2.40 bits per heavy atom. The Morgan fingerprint density at radius 3 is 2.40 bits per heavy atom. The van der Waals surface area contributed by atoms with Crippen molar-refractivity contribution in [2.45, 2.75) is 6.85 Å². The minimum atomic E-state index is -2.94. The average Bonchev–Trinajstić information content (AvgIpc) is 1.31. The van der Waals surface area contributed by atoms with Gasteiger partial charge in [0.15, 0.2) is 0 Å². The average molecular weight is 101 g/mol. The Hall–Kier alpha value is 1.11. The Bertz CT molecular complexity index is 87.8. The quantitative estimate of drug-likeness (QED) is 0.290. The number of carbonyl (C=O) groups is 1. The van der Waals surface area contributed by atoms with Crippen LogP contribution in [0.5, 0.6) is 0 Å². The molecule has 0 N–H and O–H groups in total. The van der Waals surface area contributed by atoms with Gasteiger partial charge in [-0.1, -0.05) is 0 Å². The fraction of sp³-hybridized carbons (Fsp3) is 0.500. The van der Waals surface area contributed by atoms with Crippen molar-refractivity contribution in [1.29, 1.82) is 0 Å². The minimum Gasteiger partial charge on any atom is -0.550 e. The first-order valence-corrected chi connectivity index (χ1v) is 0.658. The van der Waals surface area contributed by atoms with Gasteiger partial charge in [-0.2, -0.15) is 0 Å². The molecule has 0 rings (SSSR count). The van der Waals surface area contributed by atoms with E-state index in [1.165, 1.54) is 0 Å². The van der Waals surface area contributed by atoms with Gasteiger partial charge >= 0.3 is 51.4 Å². The van der Waals surface area contributed by atoms with Crippen molar-refractivity contribution in [3.05, 3.63) is 0 Å². The second kappa shape index (κ2) is 5.11. The van der Waals surface area contributed by atoms with Gasteiger partial charge in [-0.3, -0.25) is 0 Å². The van der Waals surface area contributed by atoms with Crippen molar-refractivity contribution in [1.82, 2.24) is 0 Å². The molecule has 0 fully saturated rings. The molecule has 0 aliphatic heterocycles. The van der Waals surface area contributed by atoms with E-state index in [2.05, 4.69) is 0 Å². The monoisotopic (exact) mass is 101 g/mol. The van der Waals surface area contributed by atoms with Gasteiger partial charge in [-0.25, -0.2) is 0 Å². The summed E-state index contributed by atoms with van der Waals surface area (Å²) in [6.45, 7) is -2.94. The maximum Gasteiger partial charge on any atom is 1.00 e. The van der Waals surface area contributed by atoms with Crippen molar-refractivity contribution in [2.24, 2.45) is 0 Å². The molecule has 0 saturated heterocycles. The maximum absolute atomic E-state index is 9.35. The van der Waals surface area contributed by atoms with E-state index in [0.29, 0.717) is 0 Å². The third-order valence-corrected chi connectivity index (χ3v) is 0. The molecule has 0 saturated carbocycles. The standard InChI is InChI=1S/C2H4O2.K/c1-2(3)4;/h1H3,(H,3,4);/q;+1/p-1/i1D3;. The fourth-order valence-electron chi connectivity index (χ4n) is 0. The summed E-state index contributed by atoms with van der Waals surface area (Å²) in [6.07, 6.45) is 0. The number of carboxylic acids is 1. The number of aliphatic carboxylic acids is 1. The minimum absolute atomic E-state index is 0. The molecule has 0 spiro atoms. The Balaban J connectivity index is 0. The van der Waals surface area contributed by atoms with Crippen LogP contribution in [0.3, 0.4) is 0 Å². The zero-order chi connectivity index (χ0) is 6.08. The number of hydrogen-bond donors (Lipinski definition) is 0. The Kier molecular flexibility index (Phi) is 3.22. The van der Waals surface area contributed by atoms with Gasteiger partial charge in [0.25, 0.3) is 0 Å². The fourth-order valence-corrected chi connectivity index (χ4v) is 0. The molecule has 0 bridgehead atoms. The zero-order valence-electron chi connectivity index (χ0n) is 5.82. The van der Waals surface area contributed by atoms with E-state index < -0.39 is 12.8 Å². The summed E-state index contributed by atoms with van der Waals surface area (Å²) in [6, 6.07) is 0. The van der Waals surface area contributed by atoms with Crippen molar-refractivity contribution in [2.75, 3.05) is 0 Å². The molecule has 24 valence electrons. The summed E-state index contributed by atoms with van der Waals surface area (Å²) in [5, 5.41) is 9.35. The van der Waals surface area contributed by atoms with E-state index in [4.69, 9.17) is 4.11 Å².